The van der Waals surface area contributed by atoms with Crippen molar-refractivity contribution in [3.63, 3.8) is 0 Å². The van der Waals surface area contributed by atoms with Gasteiger partial charge < -0.3 is 14.1 Å². The number of carbonyl (C=O) groups excluding carboxylic acids is 1. The van der Waals surface area contributed by atoms with Gasteiger partial charge in [-0.05, 0) is 26.0 Å². The van der Waals surface area contributed by atoms with Crippen molar-refractivity contribution in [1.82, 2.24) is 25.1 Å². The molecule has 0 aromatic carbocycles. The van der Waals surface area contributed by atoms with Crippen molar-refractivity contribution in [2.75, 3.05) is 13.2 Å². The molecule has 0 aliphatic heterocycles. The summed E-state index contributed by atoms with van der Waals surface area (Å²) in [4.78, 5) is 22.5. The Bertz CT molecular complexity index is 1080. The molecule has 3 rings (SSSR count). The quantitative estimate of drug-likeness (QED) is 0.513. The largest absolute Gasteiger partial charge is 0.475 e. The number of hydrogen-bond donors (Lipinski definition) is 0. The second-order valence-electron chi connectivity index (χ2n) is 7.20. The number of nitrogens with zero attached hydrogens (tertiary/aromatic N) is 5. The number of pyridine rings is 2. The van der Waals surface area contributed by atoms with Crippen LogP contribution in [0.2, 0.25) is 0 Å². The number of ether oxygens (including phenoxy) is 1. The van der Waals surface area contributed by atoms with Crippen molar-refractivity contribution in [2.24, 2.45) is 0 Å². The molecule has 3 aromatic rings. The van der Waals surface area contributed by atoms with Crippen molar-refractivity contribution in [2.45, 2.75) is 39.7 Å². The van der Waals surface area contributed by atoms with Gasteiger partial charge in [-0.15, -0.1) is 10.2 Å². The number of likely N-dealkylation sites (N-methyl/N-ethyl adjacent to an activating group) is 1. The highest BCUT2D eigenvalue weighted by molar-refractivity contribution is 5.99. The molecular weight excluding hydrogens is 427 g/mol. The summed E-state index contributed by atoms with van der Waals surface area (Å²) < 4.78 is 51.4. The van der Waals surface area contributed by atoms with Crippen molar-refractivity contribution in [3.05, 3.63) is 53.4 Å². The van der Waals surface area contributed by atoms with E-state index in [1.54, 1.807) is 20.8 Å². The Morgan fingerprint density at radius 1 is 1.25 bits per heavy atom. The van der Waals surface area contributed by atoms with Gasteiger partial charge in [-0.2, -0.15) is 0 Å². The molecule has 0 aliphatic rings. The lowest BCUT2D eigenvalue weighted by molar-refractivity contribution is 0.0169. The number of carbonyl (C=O) groups is 1. The maximum Gasteiger partial charge on any atom is 0.272 e. The highest BCUT2D eigenvalue weighted by atomic mass is 19.3. The predicted octanol–water partition coefficient (Wildman–Crippen LogP) is 4.02. The first-order valence-corrected chi connectivity index (χ1v) is 9.84. The zero-order valence-corrected chi connectivity index (χ0v) is 18.0. The van der Waals surface area contributed by atoms with Crippen LogP contribution in [-0.4, -0.2) is 50.2 Å². The molecule has 0 saturated heterocycles. The zero-order chi connectivity index (χ0) is 23.5. The smallest absolute Gasteiger partial charge is 0.272 e. The SMILES string of the molecule is CCN(C(=O)c1cc(F)cnc1-c1nnc(C)o1)[C@@H](C)COc1ccc(C(C)(F)F)cn1. The lowest BCUT2D eigenvalue weighted by Gasteiger charge is -2.28. The predicted molar refractivity (Wildman–Crippen MR) is 108 cm³/mol. The van der Waals surface area contributed by atoms with E-state index in [1.165, 1.54) is 17.0 Å². The summed E-state index contributed by atoms with van der Waals surface area (Å²) in [5.41, 5.74) is -0.193. The Labute approximate surface area is 182 Å². The molecule has 0 aliphatic carbocycles. The summed E-state index contributed by atoms with van der Waals surface area (Å²) in [6.45, 7) is 6.18. The lowest BCUT2D eigenvalue weighted by Crippen LogP contribution is -2.42. The van der Waals surface area contributed by atoms with Crippen LogP contribution in [0.25, 0.3) is 11.6 Å². The second kappa shape index (κ2) is 9.33. The van der Waals surface area contributed by atoms with Crippen LogP contribution in [-0.2, 0) is 5.92 Å². The third-order valence-corrected chi connectivity index (χ3v) is 4.66. The Morgan fingerprint density at radius 3 is 2.56 bits per heavy atom. The highest BCUT2D eigenvalue weighted by Crippen LogP contribution is 2.27. The molecule has 0 unspecified atom stereocenters. The van der Waals surface area contributed by atoms with E-state index in [0.717, 1.165) is 25.4 Å². The van der Waals surface area contributed by atoms with Gasteiger partial charge in [0.1, 0.15) is 18.1 Å². The Kier molecular flexibility index (Phi) is 6.75. The van der Waals surface area contributed by atoms with Crippen LogP contribution in [0.4, 0.5) is 13.2 Å². The lowest BCUT2D eigenvalue weighted by atomic mass is 10.1. The molecule has 32 heavy (non-hydrogen) atoms. The van der Waals surface area contributed by atoms with Gasteiger partial charge in [0.25, 0.3) is 17.7 Å². The number of halogens is 3. The maximum atomic E-state index is 13.9. The van der Waals surface area contributed by atoms with Crippen LogP contribution >= 0.6 is 0 Å². The molecule has 3 heterocycles. The number of aromatic nitrogens is 4. The Morgan fingerprint density at radius 2 is 2.00 bits per heavy atom. The molecule has 0 spiro atoms. The van der Waals surface area contributed by atoms with Crippen LogP contribution in [0.5, 0.6) is 5.88 Å². The van der Waals surface area contributed by atoms with Gasteiger partial charge in [-0.1, -0.05) is 0 Å². The summed E-state index contributed by atoms with van der Waals surface area (Å²) in [5, 5.41) is 7.58. The van der Waals surface area contributed by atoms with Gasteiger partial charge in [0.2, 0.25) is 11.8 Å². The van der Waals surface area contributed by atoms with Crippen LogP contribution in [0.1, 0.15) is 42.6 Å². The van der Waals surface area contributed by atoms with E-state index >= 15 is 0 Å². The summed E-state index contributed by atoms with van der Waals surface area (Å²) in [6.07, 6.45) is 2.00. The molecule has 170 valence electrons. The second-order valence-corrected chi connectivity index (χ2v) is 7.20. The average molecular weight is 449 g/mol. The van der Waals surface area contributed by atoms with Gasteiger partial charge >= 0.3 is 0 Å². The standard InChI is InChI=1S/C21H22F3N5O3/c1-5-29(12(2)11-31-17-7-6-14(9-25-17)21(4,23)24)20(30)16-8-15(22)10-26-18(16)19-28-27-13(3)32-19/h6-10,12H,5,11H2,1-4H3/t12-/m0/s1. The molecule has 0 radical (unpaired) electrons. The minimum absolute atomic E-state index is 0.00261. The first-order chi connectivity index (χ1) is 15.1. The number of aryl methyl sites for hydroxylation is 1. The van der Waals surface area contributed by atoms with Crippen LogP contribution in [0.3, 0.4) is 0 Å². The van der Waals surface area contributed by atoms with Gasteiger partial charge in [-0.25, -0.2) is 23.1 Å². The van der Waals surface area contributed by atoms with Crippen LogP contribution in [0.15, 0.2) is 35.0 Å². The number of hydrogen-bond acceptors (Lipinski definition) is 7. The van der Waals surface area contributed by atoms with E-state index in [0.29, 0.717) is 0 Å². The summed E-state index contributed by atoms with van der Waals surface area (Å²) in [6, 6.07) is 3.17. The molecule has 0 saturated carbocycles. The van der Waals surface area contributed by atoms with Crippen molar-refractivity contribution >= 4 is 5.91 Å². The van der Waals surface area contributed by atoms with E-state index < -0.39 is 23.7 Å². The van der Waals surface area contributed by atoms with E-state index in [1.807, 2.05) is 0 Å². The first-order valence-electron chi connectivity index (χ1n) is 9.84. The van der Waals surface area contributed by atoms with E-state index in [2.05, 4.69) is 20.2 Å². The van der Waals surface area contributed by atoms with Crippen molar-refractivity contribution in [3.8, 4) is 17.5 Å². The topological polar surface area (TPSA) is 94.2 Å². The Balaban J connectivity index is 1.76. The fraction of sp³-hybridized carbons (Fsp3) is 0.381. The van der Waals surface area contributed by atoms with Gasteiger partial charge in [0.05, 0.1) is 17.8 Å². The van der Waals surface area contributed by atoms with E-state index in [9.17, 15) is 18.0 Å². The summed E-state index contributed by atoms with van der Waals surface area (Å²) in [7, 11) is 0. The minimum atomic E-state index is -3.00. The minimum Gasteiger partial charge on any atom is -0.475 e. The van der Waals surface area contributed by atoms with Crippen molar-refractivity contribution in [1.29, 1.82) is 0 Å². The van der Waals surface area contributed by atoms with Crippen molar-refractivity contribution < 1.29 is 27.1 Å². The average Bonchev–Trinajstić information content (AvgIpc) is 3.18. The number of rotatable bonds is 8. The molecule has 3 aromatic heterocycles. The fourth-order valence-corrected chi connectivity index (χ4v) is 3.00. The third-order valence-electron chi connectivity index (χ3n) is 4.66. The molecule has 0 N–H and O–H groups in total. The van der Waals surface area contributed by atoms with E-state index in [4.69, 9.17) is 9.15 Å². The van der Waals surface area contributed by atoms with E-state index in [-0.39, 0.29) is 47.6 Å². The van der Waals surface area contributed by atoms with Gasteiger partial charge in [0, 0.05) is 38.2 Å². The van der Waals surface area contributed by atoms with Gasteiger partial charge in [0.15, 0.2) is 0 Å². The maximum absolute atomic E-state index is 13.9. The van der Waals surface area contributed by atoms with Crippen LogP contribution in [0, 0.1) is 12.7 Å². The fourth-order valence-electron chi connectivity index (χ4n) is 3.00. The molecule has 1 amide bonds. The number of alkyl halides is 2. The molecule has 1 atom stereocenters. The summed E-state index contributed by atoms with van der Waals surface area (Å²) in [5.74, 6) is -3.78. The molecule has 0 bridgehead atoms. The summed E-state index contributed by atoms with van der Waals surface area (Å²) >= 11 is 0. The molecule has 11 heteroatoms. The number of amides is 1. The monoisotopic (exact) mass is 449 g/mol. The normalized spacial score (nSPS) is 12.5. The van der Waals surface area contributed by atoms with Gasteiger partial charge in [-0.3, -0.25) is 4.79 Å². The first kappa shape index (κ1) is 23.2. The zero-order valence-electron chi connectivity index (χ0n) is 18.0. The molecule has 8 nitrogen and oxygen atoms in total. The van der Waals surface area contributed by atoms with Crippen LogP contribution < -0.4 is 4.74 Å². The third kappa shape index (κ3) is 5.21. The Hall–Kier alpha value is -3.50. The molecular formula is C21H22F3N5O3. The molecule has 0 fully saturated rings. The highest BCUT2D eigenvalue weighted by Gasteiger charge is 2.27.